The summed E-state index contributed by atoms with van der Waals surface area (Å²) in [6, 6.07) is 5.59. The number of benzene rings is 1. The number of hydrogen-bond acceptors (Lipinski definition) is 9. The van der Waals surface area contributed by atoms with Gasteiger partial charge in [-0.25, -0.2) is 0 Å². The van der Waals surface area contributed by atoms with Crippen molar-refractivity contribution in [3.8, 4) is 0 Å². The van der Waals surface area contributed by atoms with Gasteiger partial charge in [0.1, 0.15) is 4.32 Å². The SMILES string of the molecule is COC(CCCN1C(=O)C(=Cc2ccc(C)cc2SOO[O-])SC1=S)OC.[Na+]. The maximum atomic E-state index is 12.7. The number of aryl methyl sites for hydroxylation is 1. The molecule has 1 aromatic rings. The molecule has 1 amide bonds. The number of carbonyl (C=O) groups excluding carboxylic acids is 1. The van der Waals surface area contributed by atoms with E-state index in [0.29, 0.717) is 33.5 Å². The summed E-state index contributed by atoms with van der Waals surface area (Å²) in [5.41, 5.74) is 1.73. The summed E-state index contributed by atoms with van der Waals surface area (Å²) in [5, 5.41) is 13.5. The molecule has 11 heteroatoms. The Morgan fingerprint density at radius 1 is 1.36 bits per heavy atom. The zero-order valence-corrected chi connectivity index (χ0v) is 20.6. The van der Waals surface area contributed by atoms with Gasteiger partial charge < -0.3 is 14.7 Å². The standard InChI is InChI=1S/C17H21NO6S3.Na/c1-11-6-7-12(13(9-11)27-24-23-20)10-14-16(19)18(17(25)26-14)8-4-5-15(21-2)22-3;/h6-7,9-10,15,20H,4-5,8H2,1-3H3;/q;+1/p-1. The van der Waals surface area contributed by atoms with E-state index in [-0.39, 0.29) is 41.8 Å². The molecule has 148 valence electrons. The maximum Gasteiger partial charge on any atom is 1.00 e. The number of nitrogens with zero attached hydrogens (tertiary/aromatic N) is 1. The van der Waals surface area contributed by atoms with Gasteiger partial charge in [0.15, 0.2) is 6.29 Å². The Labute approximate surface area is 200 Å². The average molecular weight is 454 g/mol. The van der Waals surface area contributed by atoms with Crippen molar-refractivity contribution in [1.82, 2.24) is 4.90 Å². The fourth-order valence-corrected chi connectivity index (χ4v) is 4.32. The monoisotopic (exact) mass is 453 g/mol. The molecule has 0 bridgehead atoms. The summed E-state index contributed by atoms with van der Waals surface area (Å²) in [7, 11) is 3.16. The van der Waals surface area contributed by atoms with Crippen LogP contribution in [0.15, 0.2) is 28.0 Å². The Morgan fingerprint density at radius 3 is 2.71 bits per heavy atom. The van der Waals surface area contributed by atoms with Crippen molar-refractivity contribution in [2.24, 2.45) is 0 Å². The van der Waals surface area contributed by atoms with Gasteiger partial charge in [0.2, 0.25) is 0 Å². The number of thiocarbonyl (C=S) groups is 1. The fraction of sp³-hybridized carbons (Fsp3) is 0.412. The molecule has 1 heterocycles. The van der Waals surface area contributed by atoms with Crippen LogP contribution in [0.4, 0.5) is 0 Å². The molecule has 1 aromatic carbocycles. The molecule has 0 N–H and O–H groups in total. The second-order valence-electron chi connectivity index (χ2n) is 5.64. The van der Waals surface area contributed by atoms with Crippen LogP contribution in [0, 0.1) is 6.92 Å². The van der Waals surface area contributed by atoms with Gasteiger partial charge in [0, 0.05) is 32.1 Å². The van der Waals surface area contributed by atoms with Gasteiger partial charge >= 0.3 is 29.6 Å². The number of thioether (sulfide) groups is 1. The molecular weight excluding hydrogens is 433 g/mol. The topological polar surface area (TPSA) is 80.3 Å². The number of hydrogen-bond donors (Lipinski definition) is 0. The molecule has 28 heavy (non-hydrogen) atoms. The number of rotatable bonds is 10. The van der Waals surface area contributed by atoms with Crippen molar-refractivity contribution in [1.29, 1.82) is 0 Å². The summed E-state index contributed by atoms with van der Waals surface area (Å²) in [5.74, 6) is -0.145. The largest absolute Gasteiger partial charge is 1.00 e. The molecule has 0 atom stereocenters. The van der Waals surface area contributed by atoms with Gasteiger partial charge in [-0.2, -0.15) is 4.33 Å². The molecule has 0 aromatic heterocycles. The van der Waals surface area contributed by atoms with Gasteiger partial charge in [-0.1, -0.05) is 36.1 Å². The first-order valence-corrected chi connectivity index (χ1v) is 10.0. The molecule has 1 fully saturated rings. The van der Waals surface area contributed by atoms with Crippen LogP contribution in [0.2, 0.25) is 0 Å². The Bertz CT molecular complexity index is 714. The smallest absolute Gasteiger partial charge is 0.691 e. The third-order valence-corrected chi connectivity index (χ3v) is 5.86. The van der Waals surface area contributed by atoms with Gasteiger partial charge in [0.25, 0.3) is 5.91 Å². The molecular formula is C17H20NNaO6S3. The van der Waals surface area contributed by atoms with E-state index in [1.165, 1.54) is 11.8 Å². The first kappa shape index (κ1) is 26.1. The number of methoxy groups -OCH3 is 2. The molecule has 0 unspecified atom stereocenters. The molecule has 0 spiro atoms. The van der Waals surface area contributed by atoms with Gasteiger partial charge in [0.05, 0.1) is 16.9 Å². The van der Waals surface area contributed by atoms with Crippen molar-refractivity contribution in [2.75, 3.05) is 20.8 Å². The maximum absolute atomic E-state index is 12.7. The predicted molar refractivity (Wildman–Crippen MR) is 106 cm³/mol. The minimum atomic E-state index is -0.297. The quantitative estimate of drug-likeness (QED) is 0.0912. The van der Waals surface area contributed by atoms with Crippen LogP contribution >= 0.6 is 36.0 Å². The normalized spacial score (nSPS) is 15.6. The average Bonchev–Trinajstić information content (AvgIpc) is 2.92. The van der Waals surface area contributed by atoms with E-state index in [2.05, 4.69) is 9.37 Å². The minimum Gasteiger partial charge on any atom is -0.691 e. The van der Waals surface area contributed by atoms with Crippen LogP contribution in [-0.2, 0) is 23.6 Å². The van der Waals surface area contributed by atoms with Crippen LogP contribution in [0.25, 0.3) is 6.08 Å². The Balaban J connectivity index is 0.00000392. The summed E-state index contributed by atoms with van der Waals surface area (Å²) in [4.78, 5) is 15.5. The van der Waals surface area contributed by atoms with Crippen molar-refractivity contribution >= 4 is 52.3 Å². The molecule has 0 radical (unpaired) electrons. The molecule has 1 saturated heterocycles. The first-order chi connectivity index (χ1) is 13.0. The molecule has 2 rings (SSSR count). The zero-order chi connectivity index (χ0) is 19.8. The number of carbonyl (C=O) groups is 1. The molecule has 1 aliphatic rings. The number of ether oxygens (including phenoxy) is 2. The van der Waals surface area contributed by atoms with Crippen LogP contribution in [0.5, 0.6) is 0 Å². The van der Waals surface area contributed by atoms with E-state index in [9.17, 15) is 10.1 Å². The Morgan fingerprint density at radius 2 is 2.07 bits per heavy atom. The summed E-state index contributed by atoms with van der Waals surface area (Å²) in [6.07, 6.45) is 2.80. The molecule has 0 saturated carbocycles. The Kier molecular flexibility index (Phi) is 12.4. The zero-order valence-electron chi connectivity index (χ0n) is 16.1. The van der Waals surface area contributed by atoms with Crippen LogP contribution in [-0.4, -0.2) is 42.2 Å². The van der Waals surface area contributed by atoms with E-state index in [1.54, 1.807) is 25.2 Å². The minimum absolute atomic E-state index is 0. The second-order valence-corrected chi connectivity index (χ2v) is 8.06. The summed E-state index contributed by atoms with van der Waals surface area (Å²) >= 11 is 7.39. The van der Waals surface area contributed by atoms with E-state index in [1.807, 2.05) is 25.1 Å². The van der Waals surface area contributed by atoms with Gasteiger partial charge in [-0.05, 0) is 36.6 Å². The van der Waals surface area contributed by atoms with Crippen LogP contribution in [0.3, 0.4) is 0 Å². The first-order valence-electron chi connectivity index (χ1n) is 8.05. The van der Waals surface area contributed by atoms with Crippen molar-refractivity contribution in [3.05, 3.63) is 34.2 Å². The van der Waals surface area contributed by atoms with Gasteiger partial charge in [-0.3, -0.25) is 14.7 Å². The molecule has 0 aliphatic carbocycles. The number of amides is 1. The molecule has 1 aliphatic heterocycles. The predicted octanol–water partition coefficient (Wildman–Crippen LogP) is -0.170. The third-order valence-electron chi connectivity index (χ3n) is 3.83. The van der Waals surface area contributed by atoms with Gasteiger partial charge in [-0.15, -0.1) is 0 Å². The van der Waals surface area contributed by atoms with Crippen LogP contribution in [0.1, 0.15) is 24.0 Å². The second kappa shape index (κ2) is 13.3. The van der Waals surface area contributed by atoms with Crippen LogP contribution < -0.4 is 34.8 Å². The summed E-state index contributed by atoms with van der Waals surface area (Å²) in [6.45, 7) is 2.41. The van der Waals surface area contributed by atoms with E-state index in [4.69, 9.17) is 21.7 Å². The third kappa shape index (κ3) is 7.37. The van der Waals surface area contributed by atoms with E-state index >= 15 is 0 Å². The van der Waals surface area contributed by atoms with Crippen molar-refractivity contribution in [3.63, 3.8) is 0 Å². The van der Waals surface area contributed by atoms with E-state index in [0.717, 1.165) is 23.2 Å². The van der Waals surface area contributed by atoms with Crippen molar-refractivity contribution in [2.45, 2.75) is 31.0 Å². The fourth-order valence-electron chi connectivity index (χ4n) is 2.47. The van der Waals surface area contributed by atoms with Crippen molar-refractivity contribution < 1.29 is 58.5 Å². The van der Waals surface area contributed by atoms with E-state index < -0.39 is 0 Å². The summed E-state index contributed by atoms with van der Waals surface area (Å²) < 4.78 is 15.2. The molecule has 7 nitrogen and oxygen atoms in total. The Hall–Kier alpha value is 0.0200.